The van der Waals surface area contributed by atoms with E-state index in [4.69, 9.17) is 5.11 Å². The molecular formula is C14H20N2O4S. The molecule has 0 amide bonds. The van der Waals surface area contributed by atoms with E-state index >= 15 is 0 Å². The first-order chi connectivity index (χ1) is 9.73. The van der Waals surface area contributed by atoms with Crippen molar-refractivity contribution in [1.82, 2.24) is 9.29 Å². The van der Waals surface area contributed by atoms with E-state index in [1.807, 2.05) is 13.8 Å². The average Bonchev–Trinajstić information content (AvgIpc) is 2.42. The van der Waals surface area contributed by atoms with Gasteiger partial charge in [0.25, 0.3) is 0 Å². The molecule has 0 aromatic carbocycles. The zero-order chi connectivity index (χ0) is 16.0. The molecule has 7 heteroatoms. The zero-order valence-electron chi connectivity index (χ0n) is 12.4. The van der Waals surface area contributed by atoms with E-state index < -0.39 is 16.0 Å². The van der Waals surface area contributed by atoms with E-state index in [0.717, 1.165) is 12.5 Å². The van der Waals surface area contributed by atoms with Crippen LogP contribution in [-0.2, 0) is 14.8 Å². The molecule has 0 saturated carbocycles. The highest BCUT2D eigenvalue weighted by Gasteiger charge is 2.21. The van der Waals surface area contributed by atoms with Crippen molar-refractivity contribution in [2.24, 2.45) is 5.92 Å². The number of sulfonamides is 1. The molecule has 0 aliphatic heterocycles. The van der Waals surface area contributed by atoms with Gasteiger partial charge in [-0.2, -0.15) is 0 Å². The van der Waals surface area contributed by atoms with Crippen LogP contribution in [0.3, 0.4) is 0 Å². The molecule has 1 N–H and O–H groups in total. The fraction of sp³-hybridized carbons (Fsp3) is 0.429. The third-order valence-electron chi connectivity index (χ3n) is 2.88. The lowest BCUT2D eigenvalue weighted by Crippen LogP contribution is -2.28. The number of hydrogen-bond acceptors (Lipinski definition) is 4. The summed E-state index contributed by atoms with van der Waals surface area (Å²) < 4.78 is 26.0. The maximum absolute atomic E-state index is 12.4. The number of aliphatic carboxylic acids is 1. The van der Waals surface area contributed by atoms with Gasteiger partial charge in [0.1, 0.15) is 4.90 Å². The maximum atomic E-state index is 12.4. The molecule has 0 bridgehead atoms. The molecule has 0 saturated heterocycles. The summed E-state index contributed by atoms with van der Waals surface area (Å²) in [5.41, 5.74) is 0.427. The minimum Gasteiger partial charge on any atom is -0.478 e. The first-order valence-electron chi connectivity index (χ1n) is 6.56. The number of carbonyl (C=O) groups is 1. The highest BCUT2D eigenvalue weighted by Crippen LogP contribution is 2.16. The molecule has 0 aliphatic rings. The van der Waals surface area contributed by atoms with Gasteiger partial charge in [-0.05, 0) is 30.0 Å². The molecule has 0 atom stereocenters. The van der Waals surface area contributed by atoms with Crippen LogP contribution in [0.5, 0.6) is 0 Å². The van der Waals surface area contributed by atoms with E-state index in [1.54, 1.807) is 0 Å². The fourth-order valence-electron chi connectivity index (χ4n) is 1.58. The lowest BCUT2D eigenvalue weighted by atomic mass is 10.1. The molecule has 1 rings (SSSR count). The van der Waals surface area contributed by atoms with Crippen molar-refractivity contribution in [2.75, 3.05) is 13.6 Å². The van der Waals surface area contributed by atoms with E-state index in [2.05, 4.69) is 4.98 Å². The Morgan fingerprint density at radius 1 is 1.43 bits per heavy atom. The molecule has 0 fully saturated rings. The Labute approximate surface area is 125 Å². The van der Waals surface area contributed by atoms with Gasteiger partial charge in [0, 0.05) is 32.1 Å². The predicted octanol–water partition coefficient (Wildman–Crippen LogP) is 1.85. The normalized spacial score (nSPS) is 12.4. The van der Waals surface area contributed by atoms with Gasteiger partial charge in [0.15, 0.2) is 0 Å². The summed E-state index contributed by atoms with van der Waals surface area (Å²) in [4.78, 5) is 14.4. The zero-order valence-corrected chi connectivity index (χ0v) is 13.2. The van der Waals surface area contributed by atoms with Crippen molar-refractivity contribution in [1.29, 1.82) is 0 Å². The van der Waals surface area contributed by atoms with Gasteiger partial charge in [0.2, 0.25) is 10.0 Å². The Kier molecular flexibility index (Phi) is 6.04. The molecule has 0 unspecified atom stereocenters. The van der Waals surface area contributed by atoms with Gasteiger partial charge >= 0.3 is 5.97 Å². The van der Waals surface area contributed by atoms with E-state index in [9.17, 15) is 13.2 Å². The van der Waals surface area contributed by atoms with Crippen LogP contribution in [0.25, 0.3) is 6.08 Å². The molecule has 0 spiro atoms. The maximum Gasteiger partial charge on any atom is 0.328 e. The largest absolute Gasteiger partial charge is 0.478 e. The first-order valence-corrected chi connectivity index (χ1v) is 8.00. The van der Waals surface area contributed by atoms with Crippen molar-refractivity contribution >= 4 is 22.1 Å². The Morgan fingerprint density at radius 3 is 2.67 bits per heavy atom. The molecule has 1 heterocycles. The Hall–Kier alpha value is -1.73. The summed E-state index contributed by atoms with van der Waals surface area (Å²) in [5.74, 6) is -0.692. The highest BCUT2D eigenvalue weighted by molar-refractivity contribution is 7.89. The lowest BCUT2D eigenvalue weighted by molar-refractivity contribution is -0.131. The Balaban J connectivity index is 2.98. The van der Waals surface area contributed by atoms with E-state index in [0.29, 0.717) is 18.0 Å². The van der Waals surface area contributed by atoms with Crippen LogP contribution in [0.1, 0.15) is 25.8 Å². The average molecular weight is 312 g/mol. The molecule has 0 radical (unpaired) electrons. The van der Waals surface area contributed by atoms with Crippen LogP contribution in [0.15, 0.2) is 29.4 Å². The van der Waals surface area contributed by atoms with Crippen molar-refractivity contribution in [3.05, 3.63) is 30.1 Å². The molecule has 116 valence electrons. The fourth-order valence-corrected chi connectivity index (χ4v) is 2.76. The van der Waals surface area contributed by atoms with E-state index in [1.165, 1.54) is 35.9 Å². The SMILES string of the molecule is CC(C)CCN(C)S(=O)(=O)c1cncc(C=CC(=O)O)c1. The van der Waals surface area contributed by atoms with Gasteiger partial charge in [-0.1, -0.05) is 13.8 Å². The third kappa shape index (κ3) is 5.28. The van der Waals surface area contributed by atoms with Gasteiger partial charge in [0.05, 0.1) is 0 Å². The van der Waals surface area contributed by atoms with E-state index in [-0.39, 0.29) is 4.90 Å². The van der Waals surface area contributed by atoms with Gasteiger partial charge in [-0.25, -0.2) is 17.5 Å². The van der Waals surface area contributed by atoms with Gasteiger partial charge < -0.3 is 5.11 Å². The van der Waals surface area contributed by atoms with Crippen LogP contribution < -0.4 is 0 Å². The number of aromatic nitrogens is 1. The Bertz CT molecular complexity index is 624. The van der Waals surface area contributed by atoms with Crippen molar-refractivity contribution in [3.8, 4) is 0 Å². The first kappa shape index (κ1) is 17.3. The van der Waals surface area contributed by atoms with Crippen molar-refractivity contribution in [2.45, 2.75) is 25.2 Å². The second-order valence-corrected chi connectivity index (χ2v) is 7.18. The molecule has 6 nitrogen and oxygen atoms in total. The molecule has 1 aromatic rings. The van der Waals surface area contributed by atoms with Crippen LogP contribution in [-0.4, -0.2) is 42.4 Å². The van der Waals surface area contributed by atoms with Gasteiger partial charge in [-0.3, -0.25) is 4.98 Å². The quantitative estimate of drug-likeness (QED) is 0.776. The second-order valence-electron chi connectivity index (χ2n) is 5.13. The number of nitrogens with zero attached hydrogens (tertiary/aromatic N) is 2. The number of rotatable bonds is 7. The second kappa shape index (κ2) is 7.33. The number of carboxylic acid groups (broad SMARTS) is 1. The molecule has 21 heavy (non-hydrogen) atoms. The molecular weight excluding hydrogens is 292 g/mol. The lowest BCUT2D eigenvalue weighted by Gasteiger charge is -2.18. The summed E-state index contributed by atoms with van der Waals surface area (Å²) in [6.07, 6.45) is 5.69. The highest BCUT2D eigenvalue weighted by atomic mass is 32.2. The van der Waals surface area contributed by atoms with Gasteiger partial charge in [-0.15, -0.1) is 0 Å². The predicted molar refractivity (Wildman–Crippen MR) is 80.2 cm³/mol. The van der Waals surface area contributed by atoms with Crippen molar-refractivity contribution < 1.29 is 18.3 Å². The van der Waals surface area contributed by atoms with Crippen LogP contribution >= 0.6 is 0 Å². The number of pyridine rings is 1. The van der Waals surface area contributed by atoms with Crippen LogP contribution in [0.2, 0.25) is 0 Å². The smallest absolute Gasteiger partial charge is 0.328 e. The summed E-state index contributed by atoms with van der Waals surface area (Å²) in [5, 5.41) is 8.58. The summed E-state index contributed by atoms with van der Waals surface area (Å²) in [6.45, 7) is 4.48. The summed E-state index contributed by atoms with van der Waals surface area (Å²) >= 11 is 0. The monoisotopic (exact) mass is 312 g/mol. The van der Waals surface area contributed by atoms with Crippen LogP contribution in [0, 0.1) is 5.92 Å². The molecule has 0 aliphatic carbocycles. The number of carboxylic acids is 1. The van der Waals surface area contributed by atoms with Crippen LogP contribution in [0.4, 0.5) is 0 Å². The Morgan fingerprint density at radius 2 is 2.10 bits per heavy atom. The third-order valence-corrected chi connectivity index (χ3v) is 4.70. The minimum absolute atomic E-state index is 0.0568. The number of hydrogen-bond donors (Lipinski definition) is 1. The molecule has 1 aromatic heterocycles. The summed E-state index contributed by atoms with van der Waals surface area (Å²) in [6, 6.07) is 1.41. The minimum atomic E-state index is -3.61. The van der Waals surface area contributed by atoms with Crippen molar-refractivity contribution in [3.63, 3.8) is 0 Å². The standard InChI is InChI=1S/C14H20N2O4S/c1-11(2)6-7-16(3)21(19,20)13-8-12(9-15-10-13)4-5-14(17)18/h4-5,8-11H,6-7H2,1-3H3,(H,17,18). The summed E-state index contributed by atoms with van der Waals surface area (Å²) in [7, 11) is -2.08. The topological polar surface area (TPSA) is 87.6 Å².